The Balaban J connectivity index is 2.03. The number of rotatable bonds is 5. The molecule has 2 rings (SSSR count). The molecule has 0 aliphatic carbocycles. The molecule has 0 spiro atoms. The van der Waals surface area contributed by atoms with E-state index in [9.17, 15) is 5.11 Å². The first-order chi connectivity index (χ1) is 11.2. The van der Waals surface area contributed by atoms with Gasteiger partial charge in [-0.3, -0.25) is 4.98 Å². The predicted octanol–water partition coefficient (Wildman–Crippen LogP) is 4.09. The average molecular weight is 326 g/mol. The Kier molecular flexibility index (Phi) is 5.75. The third kappa shape index (κ3) is 5.48. The van der Waals surface area contributed by atoms with E-state index < -0.39 is 12.0 Å². The van der Waals surface area contributed by atoms with Crippen LogP contribution >= 0.6 is 0 Å². The van der Waals surface area contributed by atoms with Crippen LogP contribution in [0.1, 0.15) is 37.6 Å². The van der Waals surface area contributed by atoms with Crippen LogP contribution in [-0.4, -0.2) is 29.2 Å². The molecule has 0 saturated heterocycles. The number of aromatic nitrogens is 1. The molecule has 1 aromatic carbocycles. The molecule has 0 fully saturated rings. The van der Waals surface area contributed by atoms with E-state index in [0.717, 1.165) is 22.5 Å². The summed E-state index contributed by atoms with van der Waals surface area (Å²) in [5.41, 5.74) is 3.64. The maximum absolute atomic E-state index is 10.1. The van der Waals surface area contributed by atoms with Gasteiger partial charge in [0.25, 0.3) is 0 Å². The van der Waals surface area contributed by atoms with E-state index in [0.29, 0.717) is 0 Å². The van der Waals surface area contributed by atoms with Crippen LogP contribution in [0.5, 0.6) is 0 Å². The Morgan fingerprint density at radius 2 is 1.62 bits per heavy atom. The van der Waals surface area contributed by atoms with Gasteiger partial charge in [0, 0.05) is 24.6 Å². The third-order valence-corrected chi connectivity index (χ3v) is 3.49. The van der Waals surface area contributed by atoms with Gasteiger partial charge in [-0.1, -0.05) is 30.4 Å². The van der Waals surface area contributed by atoms with Crippen molar-refractivity contribution < 1.29 is 9.84 Å². The number of anilines is 1. The summed E-state index contributed by atoms with van der Waals surface area (Å²) in [5, 5.41) is 10.1. The van der Waals surface area contributed by atoms with Gasteiger partial charge in [-0.15, -0.1) is 0 Å². The summed E-state index contributed by atoms with van der Waals surface area (Å²) in [6, 6.07) is 12.0. The summed E-state index contributed by atoms with van der Waals surface area (Å²) in [7, 11) is 1.80. The first kappa shape index (κ1) is 18.2. The van der Waals surface area contributed by atoms with Crippen LogP contribution in [0.2, 0.25) is 0 Å². The summed E-state index contributed by atoms with van der Waals surface area (Å²) in [5.74, 6) is 0. The number of ether oxygens (including phenoxy) is 1. The lowest BCUT2D eigenvalue weighted by Gasteiger charge is -2.31. The number of nitrogens with zero attached hydrogens (tertiary/aromatic N) is 2. The summed E-state index contributed by atoms with van der Waals surface area (Å²) in [6.07, 6.45) is 4.94. The molecule has 4 heteroatoms. The largest absolute Gasteiger partial charge is 0.351 e. The fraction of sp³-hybridized carbons (Fsp3) is 0.350. The second kappa shape index (κ2) is 7.60. The molecular weight excluding hydrogens is 300 g/mol. The molecule has 0 amide bonds. The molecular formula is C20H26N2O2. The molecule has 2 aromatic rings. The summed E-state index contributed by atoms with van der Waals surface area (Å²) in [4.78, 5) is 5.97. The SMILES string of the molecule is Cc1ccc(C=Cc2ccc(N(C)C(O)OC(C)(C)C)cc2)cn1. The highest BCUT2D eigenvalue weighted by atomic mass is 16.6. The van der Waals surface area contributed by atoms with Crippen LogP contribution in [-0.2, 0) is 4.74 Å². The number of benzene rings is 1. The quantitative estimate of drug-likeness (QED) is 0.841. The van der Waals surface area contributed by atoms with Crippen molar-refractivity contribution in [3.05, 3.63) is 59.4 Å². The summed E-state index contributed by atoms with van der Waals surface area (Å²) in [6.45, 7) is 7.72. The highest BCUT2D eigenvalue weighted by Crippen LogP contribution is 2.20. The highest BCUT2D eigenvalue weighted by molar-refractivity contribution is 5.70. The van der Waals surface area contributed by atoms with Gasteiger partial charge in [-0.2, -0.15) is 0 Å². The van der Waals surface area contributed by atoms with Gasteiger partial charge >= 0.3 is 0 Å². The second-order valence-corrected chi connectivity index (χ2v) is 6.83. The fourth-order valence-corrected chi connectivity index (χ4v) is 2.11. The Bertz CT molecular complexity index is 670. The fourth-order valence-electron chi connectivity index (χ4n) is 2.11. The molecule has 1 N–H and O–H groups in total. The lowest BCUT2D eigenvalue weighted by atomic mass is 10.1. The maximum atomic E-state index is 10.1. The topological polar surface area (TPSA) is 45.6 Å². The van der Waals surface area contributed by atoms with Gasteiger partial charge < -0.3 is 14.7 Å². The van der Waals surface area contributed by atoms with E-state index in [1.165, 1.54) is 0 Å². The van der Waals surface area contributed by atoms with Crippen molar-refractivity contribution in [1.82, 2.24) is 4.98 Å². The van der Waals surface area contributed by atoms with E-state index in [1.54, 1.807) is 11.9 Å². The minimum Gasteiger partial charge on any atom is -0.351 e. The van der Waals surface area contributed by atoms with Gasteiger partial charge in [0.15, 0.2) is 0 Å². The molecule has 0 bridgehead atoms. The van der Waals surface area contributed by atoms with Crippen molar-refractivity contribution in [3.63, 3.8) is 0 Å². The number of aryl methyl sites for hydroxylation is 1. The van der Waals surface area contributed by atoms with Gasteiger partial charge in [0.05, 0.1) is 5.60 Å². The molecule has 24 heavy (non-hydrogen) atoms. The minimum absolute atomic E-state index is 0.404. The zero-order valence-electron chi connectivity index (χ0n) is 15.0. The number of aliphatic hydroxyl groups is 1. The third-order valence-electron chi connectivity index (χ3n) is 3.49. The molecule has 0 aliphatic heterocycles. The molecule has 0 aliphatic rings. The number of hydrogen-bond acceptors (Lipinski definition) is 4. The minimum atomic E-state index is -0.981. The predicted molar refractivity (Wildman–Crippen MR) is 99.6 cm³/mol. The molecule has 1 unspecified atom stereocenters. The molecule has 128 valence electrons. The van der Waals surface area contributed by atoms with Crippen molar-refractivity contribution in [1.29, 1.82) is 0 Å². The maximum Gasteiger partial charge on any atom is 0.238 e. The first-order valence-electron chi connectivity index (χ1n) is 8.04. The smallest absolute Gasteiger partial charge is 0.238 e. The van der Waals surface area contributed by atoms with E-state index in [1.807, 2.05) is 82.4 Å². The van der Waals surface area contributed by atoms with Gasteiger partial charge in [0.2, 0.25) is 6.41 Å². The van der Waals surface area contributed by atoms with Crippen LogP contribution in [0.25, 0.3) is 12.2 Å². The summed E-state index contributed by atoms with van der Waals surface area (Å²) < 4.78 is 5.56. The Labute approximate surface area is 144 Å². The Morgan fingerprint density at radius 3 is 2.17 bits per heavy atom. The van der Waals surface area contributed by atoms with E-state index in [-0.39, 0.29) is 0 Å². The highest BCUT2D eigenvalue weighted by Gasteiger charge is 2.20. The standard InChI is InChI=1S/C20H26N2O2/c1-15-6-7-17(14-21-15)9-8-16-10-12-18(13-11-16)22(5)19(23)24-20(2,3)4/h6-14,19,23H,1-5H3. The van der Waals surface area contributed by atoms with E-state index in [4.69, 9.17) is 4.74 Å². The second-order valence-electron chi connectivity index (χ2n) is 6.83. The van der Waals surface area contributed by atoms with Crippen LogP contribution in [0.15, 0.2) is 42.6 Å². The zero-order chi connectivity index (χ0) is 17.7. The number of hydrogen-bond donors (Lipinski definition) is 1. The summed E-state index contributed by atoms with van der Waals surface area (Å²) >= 11 is 0. The molecule has 1 aromatic heterocycles. The van der Waals surface area contributed by atoms with Gasteiger partial charge in [-0.25, -0.2) is 0 Å². The van der Waals surface area contributed by atoms with Crippen molar-refractivity contribution in [2.24, 2.45) is 0 Å². The first-order valence-corrected chi connectivity index (χ1v) is 8.04. The lowest BCUT2D eigenvalue weighted by Crippen LogP contribution is -2.39. The normalized spacial score (nSPS) is 13.2. The Morgan fingerprint density at radius 1 is 1.04 bits per heavy atom. The number of aliphatic hydroxyl groups excluding tert-OH is 1. The van der Waals surface area contributed by atoms with Crippen molar-refractivity contribution in [2.75, 3.05) is 11.9 Å². The van der Waals surface area contributed by atoms with Crippen LogP contribution in [0, 0.1) is 6.92 Å². The van der Waals surface area contributed by atoms with Gasteiger partial charge in [-0.05, 0) is 57.0 Å². The van der Waals surface area contributed by atoms with Crippen molar-refractivity contribution >= 4 is 17.8 Å². The number of pyridine rings is 1. The average Bonchev–Trinajstić information content (AvgIpc) is 2.52. The van der Waals surface area contributed by atoms with Crippen molar-refractivity contribution in [3.8, 4) is 0 Å². The monoisotopic (exact) mass is 326 g/mol. The zero-order valence-corrected chi connectivity index (χ0v) is 15.0. The van der Waals surface area contributed by atoms with E-state index >= 15 is 0 Å². The lowest BCUT2D eigenvalue weighted by molar-refractivity contribution is -0.162. The Hall–Kier alpha value is -2.17. The molecule has 4 nitrogen and oxygen atoms in total. The molecule has 0 saturated carbocycles. The van der Waals surface area contributed by atoms with Gasteiger partial charge in [0.1, 0.15) is 0 Å². The van der Waals surface area contributed by atoms with Crippen molar-refractivity contribution in [2.45, 2.75) is 39.7 Å². The van der Waals surface area contributed by atoms with Crippen LogP contribution in [0.3, 0.4) is 0 Å². The van der Waals surface area contributed by atoms with Crippen LogP contribution in [0.4, 0.5) is 5.69 Å². The molecule has 0 radical (unpaired) electrons. The molecule has 1 atom stereocenters. The molecule has 1 heterocycles. The van der Waals surface area contributed by atoms with E-state index in [2.05, 4.69) is 4.98 Å². The van der Waals surface area contributed by atoms with Crippen LogP contribution < -0.4 is 4.90 Å².